The Morgan fingerprint density at radius 3 is 1.29 bits per heavy atom. The Morgan fingerprint density at radius 1 is 0.542 bits per heavy atom. The minimum Gasteiger partial charge on any atom is -0.181 e. The SMILES string of the molecule is c1ccc(CN=Nc2nnc(N=NCc3ccccc3)nn2)cc1. The largest absolute Gasteiger partial charge is 0.306 e. The highest BCUT2D eigenvalue weighted by Crippen LogP contribution is 2.08. The van der Waals surface area contributed by atoms with Crippen LogP contribution in [0.1, 0.15) is 11.1 Å². The first-order chi connectivity index (χ1) is 11.9. The molecular formula is C16H14N8. The maximum atomic E-state index is 4.01. The standard InChI is InChI=1S/C16H14N8/c1-3-7-13(8-4-1)11-17-19-15-21-23-16(24-22-15)20-18-12-14-9-5-2-6-10-14/h1-10H,11-12H2. The number of aromatic nitrogens is 4. The maximum Gasteiger partial charge on any atom is 0.306 e. The van der Waals surface area contributed by atoms with Gasteiger partial charge >= 0.3 is 11.9 Å². The fraction of sp³-hybridized carbons (Fsp3) is 0.125. The van der Waals surface area contributed by atoms with Gasteiger partial charge in [0.15, 0.2) is 0 Å². The summed E-state index contributed by atoms with van der Waals surface area (Å²) in [4.78, 5) is 0. The van der Waals surface area contributed by atoms with Gasteiger partial charge in [0, 0.05) is 0 Å². The molecule has 0 aliphatic carbocycles. The van der Waals surface area contributed by atoms with Gasteiger partial charge in [-0.3, -0.25) is 0 Å². The van der Waals surface area contributed by atoms with Gasteiger partial charge in [-0.1, -0.05) is 60.7 Å². The summed E-state index contributed by atoms with van der Waals surface area (Å²) in [6.45, 7) is 0.894. The fourth-order valence-corrected chi connectivity index (χ4v) is 1.83. The van der Waals surface area contributed by atoms with Crippen LogP contribution in [0.3, 0.4) is 0 Å². The highest BCUT2D eigenvalue weighted by molar-refractivity contribution is 5.16. The summed E-state index contributed by atoms with van der Waals surface area (Å²) in [6, 6.07) is 19.5. The van der Waals surface area contributed by atoms with Crippen molar-refractivity contribution < 1.29 is 0 Å². The van der Waals surface area contributed by atoms with Crippen LogP contribution in [0.2, 0.25) is 0 Å². The molecule has 3 aromatic rings. The second kappa shape index (κ2) is 8.28. The van der Waals surface area contributed by atoms with E-state index in [1.807, 2.05) is 60.7 Å². The molecule has 0 N–H and O–H groups in total. The molecular weight excluding hydrogens is 304 g/mol. The number of benzene rings is 2. The zero-order chi connectivity index (χ0) is 16.5. The predicted molar refractivity (Wildman–Crippen MR) is 86.9 cm³/mol. The summed E-state index contributed by atoms with van der Waals surface area (Å²) < 4.78 is 0. The van der Waals surface area contributed by atoms with Crippen LogP contribution in [0.4, 0.5) is 11.9 Å². The minimum atomic E-state index is 0.0907. The first-order valence-corrected chi connectivity index (χ1v) is 7.30. The summed E-state index contributed by atoms with van der Waals surface area (Å²) in [6.07, 6.45) is 0. The molecule has 0 atom stereocenters. The number of hydrogen-bond donors (Lipinski definition) is 0. The van der Waals surface area contributed by atoms with Crippen molar-refractivity contribution in [2.75, 3.05) is 0 Å². The van der Waals surface area contributed by atoms with Gasteiger partial charge < -0.3 is 0 Å². The molecule has 8 heteroatoms. The van der Waals surface area contributed by atoms with Crippen LogP contribution in [-0.2, 0) is 13.1 Å². The number of nitrogens with zero attached hydrogens (tertiary/aromatic N) is 8. The van der Waals surface area contributed by atoms with Crippen molar-refractivity contribution in [2.45, 2.75) is 13.1 Å². The van der Waals surface area contributed by atoms with Crippen LogP contribution in [0.5, 0.6) is 0 Å². The highest BCUT2D eigenvalue weighted by atomic mass is 15.4. The Labute approximate surface area is 138 Å². The molecule has 0 fully saturated rings. The van der Waals surface area contributed by atoms with E-state index in [0.29, 0.717) is 13.1 Å². The van der Waals surface area contributed by atoms with Crippen molar-refractivity contribution >= 4 is 11.9 Å². The second-order valence-corrected chi connectivity index (χ2v) is 4.77. The van der Waals surface area contributed by atoms with E-state index >= 15 is 0 Å². The third kappa shape index (κ3) is 4.80. The number of hydrogen-bond acceptors (Lipinski definition) is 8. The molecule has 3 rings (SSSR count). The molecule has 118 valence electrons. The molecule has 0 saturated carbocycles. The number of rotatable bonds is 6. The lowest BCUT2D eigenvalue weighted by atomic mass is 10.2. The molecule has 24 heavy (non-hydrogen) atoms. The van der Waals surface area contributed by atoms with Crippen LogP contribution >= 0.6 is 0 Å². The normalized spacial score (nSPS) is 11.3. The second-order valence-electron chi connectivity index (χ2n) is 4.77. The first-order valence-electron chi connectivity index (χ1n) is 7.30. The van der Waals surface area contributed by atoms with Gasteiger partial charge in [-0.25, -0.2) is 0 Å². The zero-order valence-electron chi connectivity index (χ0n) is 12.8. The molecule has 0 radical (unpaired) electrons. The van der Waals surface area contributed by atoms with Crippen molar-refractivity contribution in [3.63, 3.8) is 0 Å². The Morgan fingerprint density at radius 2 is 0.917 bits per heavy atom. The van der Waals surface area contributed by atoms with E-state index in [1.54, 1.807) is 0 Å². The molecule has 0 amide bonds. The molecule has 1 heterocycles. The van der Waals surface area contributed by atoms with E-state index in [-0.39, 0.29) is 11.9 Å². The highest BCUT2D eigenvalue weighted by Gasteiger charge is 1.99. The van der Waals surface area contributed by atoms with Crippen LogP contribution < -0.4 is 0 Å². The topological polar surface area (TPSA) is 101 Å². The third-order valence-corrected chi connectivity index (χ3v) is 2.97. The van der Waals surface area contributed by atoms with Crippen LogP contribution in [0, 0.1) is 0 Å². The lowest BCUT2D eigenvalue weighted by Crippen LogP contribution is -1.90. The van der Waals surface area contributed by atoms with Gasteiger partial charge in [-0.05, 0) is 11.1 Å². The molecule has 1 aromatic heterocycles. The summed E-state index contributed by atoms with van der Waals surface area (Å²) in [5, 5.41) is 31.0. The minimum absolute atomic E-state index is 0.0907. The fourth-order valence-electron chi connectivity index (χ4n) is 1.83. The van der Waals surface area contributed by atoms with Gasteiger partial charge in [0.2, 0.25) is 0 Å². The molecule has 0 aliphatic rings. The summed E-state index contributed by atoms with van der Waals surface area (Å²) >= 11 is 0. The Bertz CT molecular complexity index is 730. The smallest absolute Gasteiger partial charge is 0.181 e. The van der Waals surface area contributed by atoms with Gasteiger partial charge in [-0.15, -0.1) is 30.6 Å². The maximum absolute atomic E-state index is 4.01. The van der Waals surface area contributed by atoms with Crippen molar-refractivity contribution in [1.82, 2.24) is 20.4 Å². The quantitative estimate of drug-likeness (QED) is 0.644. The van der Waals surface area contributed by atoms with Gasteiger partial charge in [0.25, 0.3) is 0 Å². The summed E-state index contributed by atoms with van der Waals surface area (Å²) in [5.74, 6) is 0.181. The molecule has 2 aromatic carbocycles. The lowest BCUT2D eigenvalue weighted by molar-refractivity contribution is 0.801. The summed E-state index contributed by atoms with van der Waals surface area (Å²) in [7, 11) is 0. The lowest BCUT2D eigenvalue weighted by Gasteiger charge is -1.94. The molecule has 0 bridgehead atoms. The molecule has 0 saturated heterocycles. The van der Waals surface area contributed by atoms with Crippen molar-refractivity contribution in [3.05, 3.63) is 71.8 Å². The van der Waals surface area contributed by atoms with Crippen LogP contribution in [0.25, 0.3) is 0 Å². The average Bonchev–Trinajstić information content (AvgIpc) is 2.65. The first kappa shape index (κ1) is 15.5. The van der Waals surface area contributed by atoms with E-state index in [2.05, 4.69) is 40.9 Å². The third-order valence-electron chi connectivity index (χ3n) is 2.97. The van der Waals surface area contributed by atoms with E-state index in [4.69, 9.17) is 0 Å². The van der Waals surface area contributed by atoms with Gasteiger partial charge in [0.1, 0.15) is 0 Å². The predicted octanol–water partition coefficient (Wildman–Crippen LogP) is 3.83. The van der Waals surface area contributed by atoms with E-state index in [0.717, 1.165) is 11.1 Å². The van der Waals surface area contributed by atoms with Crippen molar-refractivity contribution in [1.29, 1.82) is 0 Å². The van der Waals surface area contributed by atoms with Crippen LogP contribution in [-0.4, -0.2) is 20.4 Å². The van der Waals surface area contributed by atoms with Gasteiger partial charge in [-0.2, -0.15) is 10.2 Å². The number of azo groups is 2. The Hall–Kier alpha value is -3.42. The monoisotopic (exact) mass is 318 g/mol. The van der Waals surface area contributed by atoms with E-state index in [1.165, 1.54) is 0 Å². The Kier molecular flexibility index (Phi) is 5.34. The summed E-state index contributed by atoms with van der Waals surface area (Å²) in [5.41, 5.74) is 2.10. The molecule has 0 unspecified atom stereocenters. The van der Waals surface area contributed by atoms with Crippen molar-refractivity contribution in [3.8, 4) is 0 Å². The average molecular weight is 318 g/mol. The molecule has 0 spiro atoms. The van der Waals surface area contributed by atoms with Gasteiger partial charge in [0.05, 0.1) is 13.1 Å². The van der Waals surface area contributed by atoms with E-state index in [9.17, 15) is 0 Å². The molecule has 8 nitrogen and oxygen atoms in total. The van der Waals surface area contributed by atoms with Crippen molar-refractivity contribution in [2.24, 2.45) is 20.5 Å². The Balaban J connectivity index is 1.53. The van der Waals surface area contributed by atoms with E-state index < -0.39 is 0 Å². The van der Waals surface area contributed by atoms with Crippen LogP contribution in [0.15, 0.2) is 81.1 Å². The molecule has 0 aliphatic heterocycles. The zero-order valence-corrected chi connectivity index (χ0v) is 12.8.